The Kier molecular flexibility index (Phi) is 8.24. The Labute approximate surface area is 225 Å². The summed E-state index contributed by atoms with van der Waals surface area (Å²) in [6, 6.07) is 8.13. The molecule has 0 heterocycles. The molecule has 0 saturated heterocycles. The van der Waals surface area contributed by atoms with Crippen LogP contribution in [-0.2, 0) is 30.4 Å². The molecule has 17 nitrogen and oxygen atoms in total. The molecule has 0 radical (unpaired) electrons. The Hall–Kier alpha value is -4.47. The third-order valence-corrected chi connectivity index (χ3v) is 7.35. The smallest absolute Gasteiger partial charge is 0.338 e. The van der Waals surface area contributed by atoms with E-state index in [0.717, 1.165) is 24.3 Å². The van der Waals surface area contributed by atoms with Gasteiger partial charge in [-0.25, -0.2) is 4.79 Å². The van der Waals surface area contributed by atoms with Crippen LogP contribution in [-0.4, -0.2) is 60.9 Å². The predicted octanol–water partition coefficient (Wildman–Crippen LogP) is 1.97. The van der Waals surface area contributed by atoms with Crippen LogP contribution in [0.25, 0.3) is 0 Å². The van der Waals surface area contributed by atoms with E-state index in [0.29, 0.717) is 18.2 Å². The van der Waals surface area contributed by atoms with Gasteiger partial charge in [0.1, 0.15) is 11.4 Å². The SMILES string of the molecule is Nc1cc(S(=O)(=O)O)cc(C(N=Nc2ccc(S(=O)(=O)O)cc2C(=O)O)=NNc2cccc(S(=O)(=O)O)c2)c1O. The number of aromatic hydroxyl groups is 1. The molecule has 0 saturated carbocycles. The maximum Gasteiger partial charge on any atom is 0.338 e. The van der Waals surface area contributed by atoms with Crippen molar-refractivity contribution >= 4 is 59.2 Å². The first-order chi connectivity index (χ1) is 18.4. The number of nitrogens with two attached hydrogens (primary N) is 1. The van der Waals surface area contributed by atoms with E-state index in [9.17, 15) is 53.9 Å². The summed E-state index contributed by atoms with van der Waals surface area (Å²) in [4.78, 5) is 9.53. The lowest BCUT2D eigenvalue weighted by Gasteiger charge is -2.10. The van der Waals surface area contributed by atoms with Gasteiger partial charge in [0.15, 0.2) is 0 Å². The van der Waals surface area contributed by atoms with Gasteiger partial charge in [0.25, 0.3) is 30.4 Å². The maximum atomic E-state index is 11.7. The molecule has 8 N–H and O–H groups in total. The Morgan fingerprint density at radius 1 is 0.775 bits per heavy atom. The molecule has 0 spiro atoms. The number of carbonyl (C=O) groups is 1. The lowest BCUT2D eigenvalue weighted by atomic mass is 10.1. The standard InChI is InChI=1S/C20H17N5O12S3/c21-16-9-13(40(35,36)37)8-15(18(16)26)19(24-22-10-2-1-3-11(6-10)38(29,30)31)25-23-17-5-4-12(39(32,33)34)7-14(17)20(27)28/h1-9,22,26H,21H2,(H,27,28)(H,29,30,31)(H,32,33,34)(H,35,36,37). The van der Waals surface area contributed by atoms with Gasteiger partial charge in [0.2, 0.25) is 5.84 Å². The number of anilines is 2. The van der Waals surface area contributed by atoms with Crippen molar-refractivity contribution < 1.29 is 53.9 Å². The summed E-state index contributed by atoms with van der Waals surface area (Å²) in [6.07, 6.45) is 0. The van der Waals surface area contributed by atoms with Crippen molar-refractivity contribution in [1.82, 2.24) is 0 Å². The van der Waals surface area contributed by atoms with E-state index in [1.165, 1.54) is 12.1 Å². The van der Waals surface area contributed by atoms with E-state index >= 15 is 0 Å². The fourth-order valence-corrected chi connectivity index (χ4v) is 4.54. The number of benzene rings is 3. The zero-order valence-corrected chi connectivity index (χ0v) is 21.9. The topological polar surface area (TPSA) is 296 Å². The molecule has 0 unspecified atom stereocenters. The first-order valence-corrected chi connectivity index (χ1v) is 14.5. The molecule has 3 rings (SSSR count). The molecule has 0 amide bonds. The third kappa shape index (κ3) is 7.13. The predicted molar refractivity (Wildman–Crippen MR) is 136 cm³/mol. The average Bonchev–Trinajstić information content (AvgIpc) is 2.84. The van der Waals surface area contributed by atoms with Crippen LogP contribution in [0.3, 0.4) is 0 Å². The van der Waals surface area contributed by atoms with Gasteiger partial charge in [-0.05, 0) is 48.5 Å². The lowest BCUT2D eigenvalue weighted by Crippen LogP contribution is -2.07. The highest BCUT2D eigenvalue weighted by atomic mass is 32.2. The summed E-state index contributed by atoms with van der Waals surface area (Å²) >= 11 is 0. The number of amidine groups is 1. The fourth-order valence-electron chi connectivity index (χ4n) is 2.96. The van der Waals surface area contributed by atoms with Gasteiger partial charge < -0.3 is 15.9 Å². The van der Waals surface area contributed by atoms with Crippen molar-refractivity contribution in [1.29, 1.82) is 0 Å². The third-order valence-electron chi connectivity index (χ3n) is 4.82. The van der Waals surface area contributed by atoms with E-state index in [-0.39, 0.29) is 5.69 Å². The number of hydrogen-bond donors (Lipinski definition) is 7. The van der Waals surface area contributed by atoms with E-state index < -0.39 is 85.1 Å². The monoisotopic (exact) mass is 615 g/mol. The minimum absolute atomic E-state index is 0.0787. The van der Waals surface area contributed by atoms with Gasteiger partial charge in [-0.2, -0.15) is 30.4 Å². The van der Waals surface area contributed by atoms with E-state index in [4.69, 9.17) is 5.73 Å². The quantitative estimate of drug-likeness (QED) is 0.0362. The van der Waals surface area contributed by atoms with Crippen LogP contribution < -0.4 is 11.2 Å². The summed E-state index contributed by atoms with van der Waals surface area (Å²) in [5.74, 6) is -3.19. The van der Waals surface area contributed by atoms with Gasteiger partial charge in [0, 0.05) is 0 Å². The molecule has 0 bridgehead atoms. The number of aromatic carboxylic acids is 1. The number of phenols is 1. The molecule has 0 fully saturated rings. The van der Waals surface area contributed by atoms with Crippen LogP contribution >= 0.6 is 0 Å². The molecule has 0 aliphatic carbocycles. The van der Waals surface area contributed by atoms with Gasteiger partial charge in [-0.15, -0.1) is 10.2 Å². The minimum atomic E-state index is -4.88. The van der Waals surface area contributed by atoms with Gasteiger partial charge in [0.05, 0.1) is 37.2 Å². The first-order valence-electron chi connectivity index (χ1n) is 10.2. The van der Waals surface area contributed by atoms with Crippen LogP contribution in [0.4, 0.5) is 17.1 Å². The second kappa shape index (κ2) is 11.0. The molecule has 3 aromatic rings. The maximum absolute atomic E-state index is 11.7. The van der Waals surface area contributed by atoms with Gasteiger partial charge >= 0.3 is 5.97 Å². The highest BCUT2D eigenvalue weighted by Crippen LogP contribution is 2.31. The highest BCUT2D eigenvalue weighted by molar-refractivity contribution is 7.86. The Morgan fingerprint density at radius 2 is 1.35 bits per heavy atom. The number of carboxylic acid groups (broad SMARTS) is 1. The lowest BCUT2D eigenvalue weighted by molar-refractivity contribution is 0.0697. The van der Waals surface area contributed by atoms with Crippen molar-refractivity contribution in [3.8, 4) is 5.75 Å². The summed E-state index contributed by atoms with van der Waals surface area (Å²) in [6.45, 7) is 0. The van der Waals surface area contributed by atoms with Crippen LogP contribution in [0.5, 0.6) is 5.75 Å². The summed E-state index contributed by atoms with van der Waals surface area (Å²) in [5, 5.41) is 31.1. The average molecular weight is 616 g/mol. The minimum Gasteiger partial charge on any atom is -0.505 e. The highest BCUT2D eigenvalue weighted by Gasteiger charge is 2.21. The number of carboxylic acids is 1. The number of rotatable bonds is 8. The normalized spacial score (nSPS) is 12.9. The number of nitrogen functional groups attached to an aromatic ring is 1. The zero-order valence-electron chi connectivity index (χ0n) is 19.4. The molecule has 212 valence electrons. The molecule has 0 aromatic heterocycles. The molecule has 3 aromatic carbocycles. The Bertz CT molecular complexity index is 1900. The first kappa shape index (κ1) is 30.1. The molecule has 20 heteroatoms. The Morgan fingerprint density at radius 3 is 1.93 bits per heavy atom. The van der Waals surface area contributed by atoms with Crippen molar-refractivity contribution in [3.63, 3.8) is 0 Å². The molecular formula is C20H17N5O12S3. The molecule has 0 atom stereocenters. The van der Waals surface area contributed by atoms with Crippen LogP contribution in [0.1, 0.15) is 15.9 Å². The number of hydrazone groups is 1. The zero-order chi connectivity index (χ0) is 30.0. The van der Waals surface area contributed by atoms with Crippen molar-refractivity contribution in [2.24, 2.45) is 15.3 Å². The number of azo groups is 1. The fraction of sp³-hybridized carbons (Fsp3) is 0. The van der Waals surface area contributed by atoms with Crippen LogP contribution in [0.15, 0.2) is 84.6 Å². The van der Waals surface area contributed by atoms with Crippen LogP contribution in [0, 0.1) is 0 Å². The summed E-state index contributed by atoms with van der Waals surface area (Å²) < 4.78 is 96.8. The number of nitrogens with zero attached hydrogens (tertiary/aromatic N) is 3. The molecule has 0 aliphatic rings. The van der Waals surface area contributed by atoms with Gasteiger partial charge in [-0.1, -0.05) is 6.07 Å². The number of hydrogen-bond acceptors (Lipinski definition) is 12. The number of nitrogens with one attached hydrogen (secondary N) is 1. The van der Waals surface area contributed by atoms with E-state index in [1.807, 2.05) is 0 Å². The molecule has 0 aliphatic heterocycles. The van der Waals surface area contributed by atoms with E-state index in [2.05, 4.69) is 20.8 Å². The largest absolute Gasteiger partial charge is 0.505 e. The summed E-state index contributed by atoms with van der Waals surface area (Å²) in [5.41, 5.74) is 5.52. The van der Waals surface area contributed by atoms with Crippen molar-refractivity contribution in [2.75, 3.05) is 11.2 Å². The van der Waals surface area contributed by atoms with Crippen LogP contribution in [0.2, 0.25) is 0 Å². The Balaban J connectivity index is 2.22. The van der Waals surface area contributed by atoms with Gasteiger partial charge in [-0.3, -0.25) is 19.1 Å². The molecular weight excluding hydrogens is 598 g/mol. The second-order valence-corrected chi connectivity index (χ2v) is 11.9. The van der Waals surface area contributed by atoms with Crippen molar-refractivity contribution in [3.05, 3.63) is 65.7 Å². The molecule has 40 heavy (non-hydrogen) atoms. The summed E-state index contributed by atoms with van der Waals surface area (Å²) in [7, 11) is -14.3. The second-order valence-electron chi connectivity index (χ2n) is 7.59. The van der Waals surface area contributed by atoms with Crippen molar-refractivity contribution in [2.45, 2.75) is 14.7 Å². The van der Waals surface area contributed by atoms with E-state index in [1.54, 1.807) is 0 Å². The number of phenolic OH excluding ortho intramolecular Hbond substituents is 1.